The highest BCUT2D eigenvalue weighted by atomic mass is 32.2. The van der Waals surface area contributed by atoms with E-state index in [1.165, 1.54) is 0 Å². The number of nitrogens with one attached hydrogen (secondary N) is 3. The molecule has 11 nitrogen and oxygen atoms in total. The van der Waals surface area contributed by atoms with E-state index in [1.807, 2.05) is 36.4 Å². The summed E-state index contributed by atoms with van der Waals surface area (Å²) in [6.45, 7) is 0.0398. The Hall–Kier alpha value is -5.20. The number of amides is 1. The normalized spacial score (nSPS) is 11.4. The molecule has 214 valence electrons. The fraction of sp³-hybridized carbons (Fsp3) is 0.100. The summed E-state index contributed by atoms with van der Waals surface area (Å²) in [7, 11) is 3.08. The molecule has 0 aliphatic carbocycles. The largest absolute Gasteiger partial charge is 0.497 e. The molecule has 1 amide bonds. The number of para-hydroxylation sites is 3. The molecule has 5 aromatic rings. The molecule has 1 aromatic heterocycles. The second kappa shape index (κ2) is 13.0. The first kappa shape index (κ1) is 28.3. The molecule has 1 atom stereocenters. The predicted molar refractivity (Wildman–Crippen MR) is 165 cm³/mol. The molecule has 0 aliphatic rings. The van der Waals surface area contributed by atoms with E-state index in [-0.39, 0.29) is 24.1 Å². The summed E-state index contributed by atoms with van der Waals surface area (Å²) in [6.07, 6.45) is 0. The molecule has 0 aliphatic heterocycles. The van der Waals surface area contributed by atoms with E-state index in [4.69, 9.17) is 19.4 Å². The average Bonchev–Trinajstić information content (AvgIpc) is 3.00. The third kappa shape index (κ3) is 6.74. The standard InChI is InChI=1S/C30H28N6O5S/c1-40-24-16-22(17-25(18-24)41-2)33-29-30(35-27-14-7-6-13-26(27)34-29)36(42(38)39)23-12-8-11-21(15-23)32-28(37)19-31-20-9-4-3-5-10-20/h3-18,31H,19H2,1-2H3,(H,32,37)(H,33,34)(H,38,39). The highest BCUT2D eigenvalue weighted by molar-refractivity contribution is 7.81. The maximum Gasteiger partial charge on any atom is 0.268 e. The van der Waals surface area contributed by atoms with Gasteiger partial charge in [0.1, 0.15) is 11.5 Å². The third-order valence-electron chi connectivity index (χ3n) is 6.11. The monoisotopic (exact) mass is 584 g/mol. The number of aromatic nitrogens is 2. The van der Waals surface area contributed by atoms with Crippen LogP contribution in [0.15, 0.2) is 97.1 Å². The van der Waals surface area contributed by atoms with Gasteiger partial charge in [0, 0.05) is 35.3 Å². The lowest BCUT2D eigenvalue weighted by molar-refractivity contribution is -0.114. The highest BCUT2D eigenvalue weighted by Crippen LogP contribution is 2.36. The topological polar surface area (TPSA) is 138 Å². The highest BCUT2D eigenvalue weighted by Gasteiger charge is 2.23. The Bertz CT molecular complexity index is 1710. The first-order valence-electron chi connectivity index (χ1n) is 12.8. The van der Waals surface area contributed by atoms with Gasteiger partial charge in [0.25, 0.3) is 11.3 Å². The van der Waals surface area contributed by atoms with Crippen LogP contribution in [0.5, 0.6) is 11.5 Å². The van der Waals surface area contributed by atoms with Crippen molar-refractivity contribution < 1.29 is 23.0 Å². The Balaban J connectivity index is 1.49. The van der Waals surface area contributed by atoms with Gasteiger partial charge in [0.15, 0.2) is 11.6 Å². The van der Waals surface area contributed by atoms with Gasteiger partial charge in [-0.05, 0) is 42.5 Å². The van der Waals surface area contributed by atoms with Crippen LogP contribution in [0.3, 0.4) is 0 Å². The van der Waals surface area contributed by atoms with Crippen LogP contribution in [-0.2, 0) is 16.1 Å². The number of ether oxygens (including phenoxy) is 2. The summed E-state index contributed by atoms with van der Waals surface area (Å²) in [5, 5.41) is 9.07. The smallest absolute Gasteiger partial charge is 0.268 e. The van der Waals surface area contributed by atoms with Crippen molar-refractivity contribution in [1.29, 1.82) is 0 Å². The van der Waals surface area contributed by atoms with Crippen LogP contribution in [0.2, 0.25) is 0 Å². The van der Waals surface area contributed by atoms with Crippen molar-refractivity contribution in [2.45, 2.75) is 0 Å². The lowest BCUT2D eigenvalue weighted by Gasteiger charge is -2.23. The van der Waals surface area contributed by atoms with Crippen molar-refractivity contribution in [3.05, 3.63) is 97.1 Å². The van der Waals surface area contributed by atoms with Crippen molar-refractivity contribution in [1.82, 2.24) is 9.97 Å². The molecule has 0 saturated heterocycles. The van der Waals surface area contributed by atoms with Gasteiger partial charge >= 0.3 is 0 Å². The Morgan fingerprint density at radius 2 is 1.45 bits per heavy atom. The number of anilines is 6. The van der Waals surface area contributed by atoms with E-state index in [0.717, 1.165) is 9.99 Å². The SMILES string of the molecule is COc1cc(Nc2nc3ccccc3nc2N(c2cccc(NC(=O)CNc3ccccc3)c2)S(=O)O)cc(OC)c1. The van der Waals surface area contributed by atoms with Crippen molar-refractivity contribution in [2.24, 2.45) is 0 Å². The van der Waals surface area contributed by atoms with E-state index < -0.39 is 11.3 Å². The van der Waals surface area contributed by atoms with Crippen molar-refractivity contribution in [3.63, 3.8) is 0 Å². The quantitative estimate of drug-likeness (QED) is 0.144. The second-order valence-electron chi connectivity index (χ2n) is 8.95. The minimum Gasteiger partial charge on any atom is -0.497 e. The minimum absolute atomic E-state index is 0.0398. The Kier molecular flexibility index (Phi) is 8.75. The molecule has 12 heteroatoms. The summed E-state index contributed by atoms with van der Waals surface area (Å²) in [5.41, 5.74) is 3.21. The number of carbonyl (C=O) groups excluding carboxylic acids is 1. The van der Waals surface area contributed by atoms with Gasteiger partial charge in [-0.1, -0.05) is 36.4 Å². The maximum absolute atomic E-state index is 12.8. The van der Waals surface area contributed by atoms with Gasteiger partial charge < -0.3 is 25.4 Å². The molecule has 4 aromatic carbocycles. The Labute approximate surface area is 244 Å². The lowest BCUT2D eigenvalue weighted by Crippen LogP contribution is -2.23. The molecule has 0 radical (unpaired) electrons. The number of rotatable bonds is 11. The van der Waals surface area contributed by atoms with Crippen LogP contribution in [0.25, 0.3) is 11.0 Å². The molecular formula is C30H28N6O5S. The summed E-state index contributed by atoms with van der Waals surface area (Å²) < 4.78 is 35.2. The van der Waals surface area contributed by atoms with Crippen molar-refractivity contribution >= 4 is 62.6 Å². The fourth-order valence-electron chi connectivity index (χ4n) is 4.17. The zero-order valence-corrected chi connectivity index (χ0v) is 23.6. The summed E-state index contributed by atoms with van der Waals surface area (Å²) >= 11 is -2.56. The first-order chi connectivity index (χ1) is 20.4. The van der Waals surface area contributed by atoms with Gasteiger partial charge in [0.2, 0.25) is 5.91 Å². The molecule has 1 heterocycles. The van der Waals surface area contributed by atoms with Crippen LogP contribution in [0.4, 0.5) is 34.4 Å². The molecule has 0 saturated carbocycles. The summed E-state index contributed by atoms with van der Waals surface area (Å²) in [6, 6.07) is 28.3. The van der Waals surface area contributed by atoms with Crippen LogP contribution in [0, 0.1) is 0 Å². The second-order valence-corrected chi connectivity index (χ2v) is 9.78. The van der Waals surface area contributed by atoms with Gasteiger partial charge in [-0.15, -0.1) is 0 Å². The van der Waals surface area contributed by atoms with Crippen LogP contribution >= 0.6 is 0 Å². The maximum atomic E-state index is 12.8. The van der Waals surface area contributed by atoms with Crippen LogP contribution < -0.4 is 29.7 Å². The molecule has 5 rings (SSSR count). The molecule has 0 spiro atoms. The van der Waals surface area contributed by atoms with Crippen molar-refractivity contribution in [3.8, 4) is 11.5 Å². The van der Waals surface area contributed by atoms with Gasteiger partial charge in [-0.3, -0.25) is 9.35 Å². The number of nitrogens with zero attached hydrogens (tertiary/aromatic N) is 3. The number of fused-ring (bicyclic) bond motifs is 1. The minimum atomic E-state index is -2.56. The molecule has 4 N–H and O–H groups in total. The summed E-state index contributed by atoms with van der Waals surface area (Å²) in [5.74, 6) is 1.10. The first-order valence-corrected chi connectivity index (χ1v) is 13.9. The van der Waals surface area contributed by atoms with Gasteiger partial charge in [-0.2, -0.15) is 0 Å². The number of hydrogen-bond donors (Lipinski definition) is 4. The molecular weight excluding hydrogens is 556 g/mol. The third-order valence-corrected chi connectivity index (χ3v) is 6.80. The fourth-order valence-corrected chi connectivity index (χ4v) is 4.74. The zero-order chi connectivity index (χ0) is 29.5. The number of hydrogen-bond acceptors (Lipinski definition) is 8. The molecule has 0 bridgehead atoms. The van der Waals surface area contributed by atoms with Crippen LogP contribution in [-0.4, -0.2) is 45.4 Å². The molecule has 1 unspecified atom stereocenters. The molecule has 0 fully saturated rings. The number of carbonyl (C=O) groups is 1. The van der Waals surface area contributed by atoms with Gasteiger partial charge in [-0.25, -0.2) is 18.5 Å². The van der Waals surface area contributed by atoms with Gasteiger partial charge in [0.05, 0.1) is 37.5 Å². The molecule has 42 heavy (non-hydrogen) atoms. The van der Waals surface area contributed by atoms with Crippen molar-refractivity contribution in [2.75, 3.05) is 41.0 Å². The number of methoxy groups -OCH3 is 2. The average molecular weight is 585 g/mol. The lowest BCUT2D eigenvalue weighted by atomic mass is 10.2. The predicted octanol–water partition coefficient (Wildman–Crippen LogP) is 5.72. The van der Waals surface area contributed by atoms with E-state index in [1.54, 1.807) is 74.9 Å². The van der Waals surface area contributed by atoms with E-state index in [0.29, 0.717) is 39.6 Å². The zero-order valence-electron chi connectivity index (χ0n) is 22.8. The Morgan fingerprint density at radius 1 is 0.810 bits per heavy atom. The van der Waals surface area contributed by atoms with E-state index in [9.17, 15) is 13.6 Å². The number of benzene rings is 4. The Morgan fingerprint density at radius 3 is 2.12 bits per heavy atom. The van der Waals surface area contributed by atoms with E-state index >= 15 is 0 Å². The van der Waals surface area contributed by atoms with Crippen LogP contribution in [0.1, 0.15) is 0 Å². The summed E-state index contributed by atoms with van der Waals surface area (Å²) in [4.78, 5) is 22.0. The van der Waals surface area contributed by atoms with E-state index in [2.05, 4.69) is 16.0 Å².